The second-order valence-corrected chi connectivity index (χ2v) is 3.21. The molecule has 0 aromatic heterocycles. The van der Waals surface area contributed by atoms with E-state index in [9.17, 15) is 23.3 Å². The fourth-order valence-corrected chi connectivity index (χ4v) is 1.34. The normalized spacial score (nSPS) is 13.6. The third-order valence-corrected chi connectivity index (χ3v) is 2.08. The van der Waals surface area contributed by atoms with Crippen molar-refractivity contribution in [2.75, 3.05) is 0 Å². The standard InChI is InChI=1S/C9H8F3NO3/c1-5-3-2-4-6(13(15)16)7(5)8(14)9(10,11)12/h2-4,8,14H,1H3/t8-/m0/s1. The van der Waals surface area contributed by atoms with Crippen molar-refractivity contribution in [1.29, 1.82) is 0 Å². The number of hydrogen-bond donors (Lipinski definition) is 1. The van der Waals surface area contributed by atoms with Gasteiger partial charge in [0.05, 0.1) is 10.5 Å². The van der Waals surface area contributed by atoms with Gasteiger partial charge in [0.2, 0.25) is 0 Å². The molecule has 1 aromatic rings. The molecule has 0 aliphatic rings. The van der Waals surface area contributed by atoms with Crippen LogP contribution in [-0.4, -0.2) is 16.2 Å². The zero-order chi connectivity index (χ0) is 12.5. The quantitative estimate of drug-likeness (QED) is 0.632. The zero-order valence-electron chi connectivity index (χ0n) is 8.15. The first-order chi connectivity index (χ1) is 7.25. The maximum absolute atomic E-state index is 12.3. The molecule has 0 aliphatic heterocycles. The van der Waals surface area contributed by atoms with Gasteiger partial charge in [0.15, 0.2) is 6.10 Å². The minimum absolute atomic E-state index is 0.0269. The van der Waals surface area contributed by atoms with Crippen LogP contribution in [0.15, 0.2) is 18.2 Å². The molecule has 1 rings (SSSR count). The van der Waals surface area contributed by atoms with Crippen LogP contribution >= 0.6 is 0 Å². The molecular weight excluding hydrogens is 227 g/mol. The van der Waals surface area contributed by atoms with Crippen molar-refractivity contribution in [1.82, 2.24) is 0 Å². The van der Waals surface area contributed by atoms with Gasteiger partial charge in [0, 0.05) is 6.07 Å². The third kappa shape index (κ3) is 2.30. The zero-order valence-corrected chi connectivity index (χ0v) is 8.15. The average Bonchev–Trinajstić information content (AvgIpc) is 2.14. The van der Waals surface area contributed by atoms with Crippen molar-refractivity contribution in [3.05, 3.63) is 39.4 Å². The number of nitro benzene ring substituents is 1. The molecule has 0 aliphatic carbocycles. The van der Waals surface area contributed by atoms with E-state index in [4.69, 9.17) is 5.11 Å². The monoisotopic (exact) mass is 235 g/mol. The van der Waals surface area contributed by atoms with Crippen LogP contribution in [0.25, 0.3) is 0 Å². The number of nitrogens with zero attached hydrogens (tertiary/aromatic N) is 1. The lowest BCUT2D eigenvalue weighted by Gasteiger charge is -2.16. The molecule has 0 saturated heterocycles. The summed E-state index contributed by atoms with van der Waals surface area (Å²) in [5.74, 6) is 0. The molecule has 16 heavy (non-hydrogen) atoms. The molecule has 1 atom stereocenters. The minimum Gasteiger partial charge on any atom is -0.379 e. The van der Waals surface area contributed by atoms with Crippen molar-refractivity contribution >= 4 is 5.69 Å². The highest BCUT2D eigenvalue weighted by molar-refractivity contribution is 5.47. The van der Waals surface area contributed by atoms with Crippen LogP contribution in [0.2, 0.25) is 0 Å². The van der Waals surface area contributed by atoms with E-state index >= 15 is 0 Å². The topological polar surface area (TPSA) is 63.4 Å². The molecule has 0 spiro atoms. The maximum atomic E-state index is 12.3. The summed E-state index contributed by atoms with van der Waals surface area (Å²) in [5.41, 5.74) is -1.41. The Kier molecular flexibility index (Phi) is 3.18. The number of benzene rings is 1. The minimum atomic E-state index is -4.92. The Morgan fingerprint density at radius 2 is 2.00 bits per heavy atom. The maximum Gasteiger partial charge on any atom is 0.418 e. The number of aliphatic hydroxyl groups excluding tert-OH is 1. The smallest absolute Gasteiger partial charge is 0.379 e. The fraction of sp³-hybridized carbons (Fsp3) is 0.333. The third-order valence-electron chi connectivity index (χ3n) is 2.08. The van der Waals surface area contributed by atoms with Crippen molar-refractivity contribution < 1.29 is 23.2 Å². The molecule has 0 fully saturated rings. The van der Waals surface area contributed by atoms with Crippen LogP contribution in [0.1, 0.15) is 17.2 Å². The lowest BCUT2D eigenvalue weighted by molar-refractivity contribution is -0.387. The molecule has 7 heteroatoms. The molecule has 4 nitrogen and oxygen atoms in total. The molecule has 0 heterocycles. The first-order valence-corrected chi connectivity index (χ1v) is 4.24. The van der Waals surface area contributed by atoms with Crippen molar-refractivity contribution in [3.63, 3.8) is 0 Å². The first kappa shape index (κ1) is 12.4. The SMILES string of the molecule is Cc1cccc([N+](=O)[O-])c1[C@H](O)C(F)(F)F. The summed E-state index contributed by atoms with van der Waals surface area (Å²) < 4.78 is 36.9. The highest BCUT2D eigenvalue weighted by Gasteiger charge is 2.43. The van der Waals surface area contributed by atoms with E-state index in [0.717, 1.165) is 6.07 Å². The van der Waals surface area contributed by atoms with Crippen LogP contribution in [0.4, 0.5) is 18.9 Å². The van der Waals surface area contributed by atoms with Crippen LogP contribution in [-0.2, 0) is 0 Å². The molecule has 1 N–H and O–H groups in total. The van der Waals surface area contributed by atoms with E-state index in [2.05, 4.69) is 0 Å². The molecule has 0 radical (unpaired) electrons. The van der Waals surface area contributed by atoms with Gasteiger partial charge >= 0.3 is 6.18 Å². The summed E-state index contributed by atoms with van der Waals surface area (Å²) in [6, 6.07) is 3.47. The van der Waals surface area contributed by atoms with Gasteiger partial charge in [0.1, 0.15) is 0 Å². The van der Waals surface area contributed by atoms with Crippen molar-refractivity contribution in [3.8, 4) is 0 Å². The highest BCUT2D eigenvalue weighted by atomic mass is 19.4. The fourth-order valence-electron chi connectivity index (χ4n) is 1.34. The summed E-state index contributed by atoms with van der Waals surface area (Å²) in [4.78, 5) is 9.59. The number of halogens is 3. The second-order valence-electron chi connectivity index (χ2n) is 3.21. The van der Waals surface area contributed by atoms with Crippen molar-refractivity contribution in [2.24, 2.45) is 0 Å². The Morgan fingerprint density at radius 3 is 2.44 bits per heavy atom. The molecule has 0 saturated carbocycles. The van der Waals surface area contributed by atoms with Gasteiger partial charge < -0.3 is 5.11 Å². The predicted molar refractivity (Wildman–Crippen MR) is 48.8 cm³/mol. The second kappa shape index (κ2) is 4.09. The van der Waals surface area contributed by atoms with Gasteiger partial charge in [-0.05, 0) is 12.5 Å². The molecule has 0 amide bonds. The van der Waals surface area contributed by atoms with Gasteiger partial charge in [-0.25, -0.2) is 0 Å². The van der Waals surface area contributed by atoms with Crippen LogP contribution < -0.4 is 0 Å². The van der Waals surface area contributed by atoms with E-state index in [0.29, 0.717) is 0 Å². The molecule has 1 aromatic carbocycles. The van der Waals surface area contributed by atoms with Gasteiger partial charge in [0.25, 0.3) is 5.69 Å². The first-order valence-electron chi connectivity index (χ1n) is 4.24. The summed E-state index contributed by atoms with van der Waals surface area (Å²) in [6.07, 6.45) is -7.76. The Balaban J connectivity index is 3.36. The Labute approximate surface area is 88.5 Å². The van der Waals surface area contributed by atoms with E-state index in [1.807, 2.05) is 0 Å². The van der Waals surface area contributed by atoms with E-state index < -0.39 is 28.5 Å². The number of aryl methyl sites for hydroxylation is 1. The number of alkyl halides is 3. The number of rotatable bonds is 2. The van der Waals surface area contributed by atoms with E-state index in [1.54, 1.807) is 0 Å². The van der Waals surface area contributed by atoms with Crippen molar-refractivity contribution in [2.45, 2.75) is 19.2 Å². The molecule has 88 valence electrons. The Hall–Kier alpha value is -1.63. The Bertz CT molecular complexity index is 417. The van der Waals surface area contributed by atoms with Gasteiger partial charge in [-0.15, -0.1) is 0 Å². The lowest BCUT2D eigenvalue weighted by Crippen LogP contribution is -2.22. The summed E-state index contributed by atoms with van der Waals surface area (Å²) in [5, 5.41) is 19.6. The molecule has 0 unspecified atom stereocenters. The molecular formula is C9H8F3NO3. The van der Waals surface area contributed by atoms with E-state index in [-0.39, 0.29) is 5.56 Å². The predicted octanol–water partition coefficient (Wildman–Crippen LogP) is 2.50. The summed E-state index contributed by atoms with van der Waals surface area (Å²) in [7, 11) is 0. The lowest BCUT2D eigenvalue weighted by atomic mass is 10.0. The van der Waals surface area contributed by atoms with Crippen LogP contribution in [0.5, 0.6) is 0 Å². The van der Waals surface area contributed by atoms with Gasteiger partial charge in [-0.1, -0.05) is 12.1 Å². The largest absolute Gasteiger partial charge is 0.418 e. The number of hydrogen-bond acceptors (Lipinski definition) is 3. The molecule has 0 bridgehead atoms. The van der Waals surface area contributed by atoms with Crippen LogP contribution in [0.3, 0.4) is 0 Å². The highest BCUT2D eigenvalue weighted by Crippen LogP contribution is 2.38. The van der Waals surface area contributed by atoms with Gasteiger partial charge in [-0.3, -0.25) is 10.1 Å². The summed E-state index contributed by atoms with van der Waals surface area (Å²) in [6.45, 7) is 1.28. The Morgan fingerprint density at radius 1 is 1.44 bits per heavy atom. The van der Waals surface area contributed by atoms with E-state index in [1.165, 1.54) is 19.1 Å². The summed E-state index contributed by atoms with van der Waals surface area (Å²) >= 11 is 0. The average molecular weight is 235 g/mol. The number of nitro groups is 1. The van der Waals surface area contributed by atoms with Crippen LogP contribution in [0, 0.1) is 17.0 Å². The van der Waals surface area contributed by atoms with Gasteiger partial charge in [-0.2, -0.15) is 13.2 Å². The number of aliphatic hydroxyl groups is 1.